The minimum absolute atomic E-state index is 0.0907. The lowest BCUT2D eigenvalue weighted by molar-refractivity contribution is -0.376. The Bertz CT molecular complexity index is 449. The molecular weight excluding hydrogens is 278 g/mol. The Morgan fingerprint density at radius 1 is 1.00 bits per heavy atom. The maximum absolute atomic E-state index is 12.6. The van der Waals surface area contributed by atoms with Gasteiger partial charge >= 0.3 is 12.4 Å². The Hall–Kier alpha value is -1.44. The zero-order chi connectivity index (χ0) is 15.1. The lowest BCUT2D eigenvalue weighted by Crippen LogP contribution is -2.54. The molecule has 0 radical (unpaired) electrons. The first-order chi connectivity index (χ1) is 8.45. The lowest BCUT2D eigenvalue weighted by Gasteiger charge is -2.33. The predicted octanol–water partition coefficient (Wildman–Crippen LogP) is 3.32. The smallest absolute Gasteiger partial charge is 0.430 e. The molecule has 0 saturated carbocycles. The summed E-state index contributed by atoms with van der Waals surface area (Å²) in [6, 6.07) is 2.46. The van der Waals surface area contributed by atoms with Gasteiger partial charge in [-0.15, -0.1) is 0 Å². The first kappa shape index (κ1) is 15.6. The third-order valence-electron chi connectivity index (χ3n) is 2.64. The van der Waals surface area contributed by atoms with Crippen LogP contribution in [0, 0.1) is 6.92 Å². The number of benzene rings is 1. The molecule has 19 heavy (non-hydrogen) atoms. The van der Waals surface area contributed by atoms with Gasteiger partial charge in [0.2, 0.25) is 0 Å². The lowest BCUT2D eigenvalue weighted by atomic mass is 9.88. The number of ether oxygens (including phenoxy) is 1. The molecule has 1 aromatic rings. The molecule has 0 bridgehead atoms. The predicted molar refractivity (Wildman–Crippen MR) is 53.7 cm³/mol. The molecule has 0 aliphatic heterocycles. The van der Waals surface area contributed by atoms with Gasteiger partial charge in [0.25, 0.3) is 5.60 Å². The van der Waals surface area contributed by atoms with E-state index in [1.54, 1.807) is 0 Å². The van der Waals surface area contributed by atoms with E-state index in [0.29, 0.717) is 6.07 Å². The molecule has 108 valence electrons. The Balaban J connectivity index is 3.52. The molecule has 1 rings (SSSR count). The van der Waals surface area contributed by atoms with Crippen LogP contribution < -0.4 is 4.74 Å². The van der Waals surface area contributed by atoms with E-state index >= 15 is 0 Å². The van der Waals surface area contributed by atoms with Crippen molar-refractivity contribution in [3.63, 3.8) is 0 Å². The molecule has 0 fully saturated rings. The van der Waals surface area contributed by atoms with Crippen LogP contribution in [-0.4, -0.2) is 24.6 Å². The molecule has 2 nitrogen and oxygen atoms in total. The normalized spacial score (nSPS) is 13.5. The molecule has 0 unspecified atom stereocenters. The zero-order valence-electron chi connectivity index (χ0n) is 9.86. The molecule has 0 amide bonds. The fourth-order valence-electron chi connectivity index (χ4n) is 1.64. The maximum atomic E-state index is 12.6. The summed E-state index contributed by atoms with van der Waals surface area (Å²) in [5.74, 6) is 0.0907. The van der Waals surface area contributed by atoms with Crippen LogP contribution in [0.15, 0.2) is 18.2 Å². The summed E-state index contributed by atoms with van der Waals surface area (Å²) in [7, 11) is 1.22. The number of halogens is 6. The van der Waals surface area contributed by atoms with Crippen LogP contribution in [0.2, 0.25) is 0 Å². The van der Waals surface area contributed by atoms with E-state index in [9.17, 15) is 31.4 Å². The number of aliphatic hydroxyl groups is 1. The first-order valence-electron chi connectivity index (χ1n) is 4.96. The van der Waals surface area contributed by atoms with Crippen LogP contribution in [0.1, 0.15) is 11.1 Å². The van der Waals surface area contributed by atoms with Crippen molar-refractivity contribution in [1.29, 1.82) is 0 Å². The second kappa shape index (κ2) is 4.59. The van der Waals surface area contributed by atoms with Crippen LogP contribution in [0.5, 0.6) is 5.75 Å². The van der Waals surface area contributed by atoms with Gasteiger partial charge in [0.15, 0.2) is 0 Å². The molecular formula is C11H10F6O2. The Morgan fingerprint density at radius 3 is 1.79 bits per heavy atom. The van der Waals surface area contributed by atoms with Gasteiger partial charge in [0, 0.05) is 5.56 Å². The van der Waals surface area contributed by atoms with Crippen molar-refractivity contribution >= 4 is 0 Å². The van der Waals surface area contributed by atoms with E-state index in [-0.39, 0.29) is 11.3 Å². The van der Waals surface area contributed by atoms with Gasteiger partial charge in [-0.05, 0) is 24.6 Å². The van der Waals surface area contributed by atoms with Crippen LogP contribution >= 0.6 is 0 Å². The highest BCUT2D eigenvalue weighted by molar-refractivity contribution is 5.40. The summed E-state index contributed by atoms with van der Waals surface area (Å²) in [4.78, 5) is 0. The largest absolute Gasteiger partial charge is 0.497 e. The molecule has 0 aliphatic rings. The molecule has 1 N–H and O–H groups in total. The van der Waals surface area contributed by atoms with Crippen molar-refractivity contribution in [2.75, 3.05) is 7.11 Å². The van der Waals surface area contributed by atoms with E-state index in [1.165, 1.54) is 7.11 Å². The van der Waals surface area contributed by atoms with E-state index in [2.05, 4.69) is 4.74 Å². The fourth-order valence-corrected chi connectivity index (χ4v) is 1.64. The summed E-state index contributed by atoms with van der Waals surface area (Å²) in [6.45, 7) is 1.03. The van der Waals surface area contributed by atoms with Gasteiger partial charge < -0.3 is 9.84 Å². The number of aryl methyl sites for hydroxylation is 1. The number of hydrogen-bond acceptors (Lipinski definition) is 2. The van der Waals surface area contributed by atoms with E-state index in [1.807, 2.05) is 0 Å². The summed E-state index contributed by atoms with van der Waals surface area (Å²) in [5, 5.41) is 9.21. The molecule has 0 spiro atoms. The van der Waals surface area contributed by atoms with Crippen LogP contribution in [0.4, 0.5) is 26.3 Å². The molecule has 1 aromatic carbocycles. The minimum atomic E-state index is -5.88. The molecule has 0 heterocycles. The second-order valence-electron chi connectivity index (χ2n) is 3.89. The van der Waals surface area contributed by atoms with Gasteiger partial charge in [-0.3, -0.25) is 0 Å². The van der Waals surface area contributed by atoms with Crippen molar-refractivity contribution < 1.29 is 36.2 Å². The van der Waals surface area contributed by atoms with Crippen molar-refractivity contribution in [3.05, 3.63) is 29.3 Å². The summed E-state index contributed by atoms with van der Waals surface area (Å²) >= 11 is 0. The van der Waals surface area contributed by atoms with Gasteiger partial charge in [-0.2, -0.15) is 26.3 Å². The standard InChI is InChI=1S/C11H10F6O2/c1-6-5-7(19-2)3-4-8(6)9(18,10(12,13)14)11(15,16)17/h3-5,18H,1-2H3. The van der Waals surface area contributed by atoms with Gasteiger partial charge in [-0.1, -0.05) is 6.07 Å². The summed E-state index contributed by atoms with van der Waals surface area (Å²) in [6.07, 6.45) is -11.8. The molecule has 0 saturated heterocycles. The van der Waals surface area contributed by atoms with Crippen LogP contribution in [0.25, 0.3) is 0 Å². The third kappa shape index (κ3) is 2.49. The van der Waals surface area contributed by atoms with E-state index < -0.39 is 23.5 Å². The van der Waals surface area contributed by atoms with Crippen molar-refractivity contribution in [2.24, 2.45) is 0 Å². The highest BCUT2D eigenvalue weighted by Crippen LogP contribution is 2.51. The minimum Gasteiger partial charge on any atom is -0.497 e. The van der Waals surface area contributed by atoms with Gasteiger partial charge in [0.1, 0.15) is 5.75 Å². The van der Waals surface area contributed by atoms with Gasteiger partial charge in [-0.25, -0.2) is 0 Å². The maximum Gasteiger partial charge on any atom is 0.430 e. The monoisotopic (exact) mass is 288 g/mol. The molecule has 8 heteroatoms. The first-order valence-corrected chi connectivity index (χ1v) is 4.96. The average molecular weight is 288 g/mol. The molecule has 0 aromatic heterocycles. The molecule has 0 atom stereocenters. The fraction of sp³-hybridized carbons (Fsp3) is 0.455. The number of methoxy groups -OCH3 is 1. The van der Waals surface area contributed by atoms with Crippen molar-refractivity contribution in [1.82, 2.24) is 0 Å². The van der Waals surface area contributed by atoms with Gasteiger partial charge in [0.05, 0.1) is 7.11 Å². The summed E-state index contributed by atoms with van der Waals surface area (Å²) in [5.41, 5.74) is -6.55. The summed E-state index contributed by atoms with van der Waals surface area (Å²) < 4.78 is 80.6. The quantitative estimate of drug-likeness (QED) is 0.846. The Morgan fingerprint density at radius 2 is 1.47 bits per heavy atom. The second-order valence-corrected chi connectivity index (χ2v) is 3.89. The van der Waals surface area contributed by atoms with Crippen molar-refractivity contribution in [2.45, 2.75) is 24.9 Å². The Labute approximate surface area is 104 Å². The van der Waals surface area contributed by atoms with Crippen LogP contribution in [-0.2, 0) is 5.60 Å². The van der Waals surface area contributed by atoms with E-state index in [0.717, 1.165) is 19.1 Å². The highest BCUT2D eigenvalue weighted by Gasteiger charge is 2.71. The average Bonchev–Trinajstić information content (AvgIpc) is 2.24. The number of rotatable bonds is 2. The van der Waals surface area contributed by atoms with E-state index in [4.69, 9.17) is 0 Å². The third-order valence-corrected chi connectivity index (χ3v) is 2.64. The number of hydrogen-bond donors (Lipinski definition) is 1. The Kier molecular flexibility index (Phi) is 3.77. The van der Waals surface area contributed by atoms with Crippen molar-refractivity contribution in [3.8, 4) is 5.75 Å². The highest BCUT2D eigenvalue weighted by atomic mass is 19.4. The topological polar surface area (TPSA) is 29.5 Å². The SMILES string of the molecule is COc1ccc(C(O)(C(F)(F)F)C(F)(F)F)c(C)c1. The zero-order valence-corrected chi connectivity index (χ0v) is 9.86. The van der Waals surface area contributed by atoms with Crippen LogP contribution in [0.3, 0.4) is 0 Å². The molecule has 0 aliphatic carbocycles. The number of alkyl halides is 6.